The lowest BCUT2D eigenvalue weighted by molar-refractivity contribution is 0.0830. The van der Waals surface area contributed by atoms with E-state index >= 15 is 0 Å². The molecule has 0 radical (unpaired) electrons. The maximum absolute atomic E-state index is 13.6. The zero-order chi connectivity index (χ0) is 16.5. The summed E-state index contributed by atoms with van der Waals surface area (Å²) in [5, 5.41) is 2.74. The van der Waals surface area contributed by atoms with Crippen LogP contribution in [0.5, 0.6) is 0 Å². The fourth-order valence-corrected chi connectivity index (χ4v) is 2.92. The molecule has 0 spiro atoms. The summed E-state index contributed by atoms with van der Waals surface area (Å²) in [5.74, 6) is 0.303. The Morgan fingerprint density at radius 3 is 3.04 bits per heavy atom. The van der Waals surface area contributed by atoms with Gasteiger partial charge in [0.15, 0.2) is 0 Å². The van der Waals surface area contributed by atoms with E-state index in [0.29, 0.717) is 24.3 Å². The molecule has 1 aliphatic rings. The molecule has 0 aliphatic carbocycles. The van der Waals surface area contributed by atoms with E-state index in [-0.39, 0.29) is 18.3 Å². The number of carbonyl (C=O) groups excluding carboxylic acids is 1. The topological polar surface area (TPSA) is 56.2 Å². The number of benzene rings is 2. The Hall–Kier alpha value is -2.73. The fraction of sp³-hybridized carbons (Fsp3) is 0.222. The van der Waals surface area contributed by atoms with Crippen molar-refractivity contribution in [2.75, 3.05) is 6.61 Å². The first kappa shape index (κ1) is 14.8. The number of fused-ring (bicyclic) bond motifs is 3. The van der Waals surface area contributed by atoms with Crippen molar-refractivity contribution in [3.63, 3.8) is 0 Å². The van der Waals surface area contributed by atoms with E-state index < -0.39 is 0 Å². The number of imidazole rings is 1. The van der Waals surface area contributed by atoms with E-state index in [4.69, 9.17) is 4.74 Å². The van der Waals surface area contributed by atoms with Crippen LogP contribution in [0.15, 0.2) is 42.5 Å². The van der Waals surface area contributed by atoms with Gasteiger partial charge in [0.05, 0.1) is 17.6 Å². The smallest absolute Gasteiger partial charge is 0.251 e. The van der Waals surface area contributed by atoms with Crippen LogP contribution in [0, 0.1) is 5.82 Å². The third-order valence-corrected chi connectivity index (χ3v) is 4.18. The summed E-state index contributed by atoms with van der Waals surface area (Å²) in [7, 11) is 0. The lowest BCUT2D eigenvalue weighted by atomic mass is 10.1. The van der Waals surface area contributed by atoms with E-state index in [9.17, 15) is 9.18 Å². The van der Waals surface area contributed by atoms with Crippen molar-refractivity contribution in [1.29, 1.82) is 0 Å². The number of nitrogens with one attached hydrogen (secondary N) is 1. The van der Waals surface area contributed by atoms with Crippen molar-refractivity contribution in [1.82, 2.24) is 14.9 Å². The Balaban J connectivity index is 1.55. The highest BCUT2D eigenvalue weighted by Gasteiger charge is 2.16. The van der Waals surface area contributed by atoms with Crippen LogP contribution in [0.1, 0.15) is 21.7 Å². The van der Waals surface area contributed by atoms with Gasteiger partial charge in [-0.15, -0.1) is 0 Å². The average molecular weight is 325 g/mol. The number of aromatic nitrogens is 2. The van der Waals surface area contributed by atoms with Gasteiger partial charge in [0.25, 0.3) is 5.91 Å². The second-order valence-corrected chi connectivity index (χ2v) is 5.71. The third kappa shape index (κ3) is 2.65. The van der Waals surface area contributed by atoms with Crippen LogP contribution in [-0.2, 0) is 24.4 Å². The molecule has 0 bridgehead atoms. The Bertz CT molecular complexity index is 920. The van der Waals surface area contributed by atoms with Crippen molar-refractivity contribution in [3.8, 4) is 0 Å². The Morgan fingerprint density at radius 2 is 2.17 bits per heavy atom. The number of hydrogen-bond donors (Lipinski definition) is 1. The molecule has 1 aromatic heterocycles. The molecular formula is C18H16FN3O2. The first-order valence-corrected chi connectivity index (χ1v) is 7.81. The van der Waals surface area contributed by atoms with Crippen LogP contribution in [0.4, 0.5) is 4.39 Å². The molecule has 3 aromatic rings. The molecule has 1 N–H and O–H groups in total. The molecular weight excluding hydrogens is 309 g/mol. The summed E-state index contributed by atoms with van der Waals surface area (Å²) in [6.45, 7) is 2.08. The summed E-state index contributed by atoms with van der Waals surface area (Å²) in [4.78, 5) is 16.8. The number of nitrogens with zero attached hydrogens (tertiary/aromatic N) is 2. The SMILES string of the molecule is O=C(NCc1ccccc1F)c1ccc2c(c1)nc1n2CCOC1. The second-order valence-electron chi connectivity index (χ2n) is 5.71. The van der Waals surface area contributed by atoms with Crippen molar-refractivity contribution in [2.24, 2.45) is 0 Å². The van der Waals surface area contributed by atoms with Gasteiger partial charge in [-0.1, -0.05) is 18.2 Å². The van der Waals surface area contributed by atoms with Gasteiger partial charge < -0.3 is 14.6 Å². The van der Waals surface area contributed by atoms with Crippen LogP contribution in [0.3, 0.4) is 0 Å². The minimum atomic E-state index is -0.324. The molecule has 5 nitrogen and oxygen atoms in total. The monoisotopic (exact) mass is 325 g/mol. The summed E-state index contributed by atoms with van der Waals surface area (Å²) >= 11 is 0. The lowest BCUT2D eigenvalue weighted by Gasteiger charge is -2.14. The van der Waals surface area contributed by atoms with Crippen molar-refractivity contribution in [3.05, 3.63) is 65.2 Å². The number of hydrogen-bond acceptors (Lipinski definition) is 3. The molecule has 122 valence electrons. The highest BCUT2D eigenvalue weighted by atomic mass is 19.1. The summed E-state index contributed by atoms with van der Waals surface area (Å²) < 4.78 is 21.1. The Labute approximate surface area is 138 Å². The van der Waals surface area contributed by atoms with Crippen molar-refractivity contribution < 1.29 is 13.9 Å². The third-order valence-electron chi connectivity index (χ3n) is 4.18. The average Bonchev–Trinajstić information content (AvgIpc) is 2.98. The van der Waals surface area contributed by atoms with Gasteiger partial charge in [0.1, 0.15) is 18.2 Å². The van der Waals surface area contributed by atoms with Crippen LogP contribution >= 0.6 is 0 Å². The standard InChI is InChI=1S/C18H16FN3O2/c19-14-4-2-1-3-13(14)10-20-18(23)12-5-6-16-15(9-12)21-17-11-24-8-7-22(16)17/h1-6,9H,7-8,10-11H2,(H,20,23). The van der Waals surface area contributed by atoms with E-state index in [1.165, 1.54) is 6.07 Å². The predicted octanol–water partition coefficient (Wildman–Crippen LogP) is 2.64. The number of halogens is 1. The molecule has 2 aromatic carbocycles. The highest BCUT2D eigenvalue weighted by molar-refractivity contribution is 5.97. The van der Waals surface area contributed by atoms with Gasteiger partial charge in [-0.25, -0.2) is 9.37 Å². The molecule has 1 aliphatic heterocycles. The van der Waals surface area contributed by atoms with Crippen LogP contribution < -0.4 is 5.32 Å². The first-order chi connectivity index (χ1) is 11.7. The maximum Gasteiger partial charge on any atom is 0.251 e. The summed E-state index contributed by atoms with van der Waals surface area (Å²) in [5.41, 5.74) is 2.74. The van der Waals surface area contributed by atoms with Crippen LogP contribution in [0.2, 0.25) is 0 Å². The molecule has 24 heavy (non-hydrogen) atoms. The van der Waals surface area contributed by atoms with Gasteiger partial charge in [0, 0.05) is 24.2 Å². The second kappa shape index (κ2) is 6.05. The molecule has 0 atom stereocenters. The Kier molecular flexibility index (Phi) is 3.74. The minimum absolute atomic E-state index is 0.150. The number of carbonyl (C=O) groups is 1. The number of ether oxygens (including phenoxy) is 1. The summed E-state index contributed by atoms with van der Waals surface area (Å²) in [6, 6.07) is 11.8. The molecule has 4 rings (SSSR count). The van der Waals surface area contributed by atoms with E-state index in [2.05, 4.69) is 14.9 Å². The van der Waals surface area contributed by atoms with E-state index in [1.54, 1.807) is 30.3 Å². The molecule has 2 heterocycles. The molecule has 0 fully saturated rings. The molecule has 0 unspecified atom stereocenters. The molecule has 6 heteroatoms. The van der Waals surface area contributed by atoms with Crippen LogP contribution in [-0.4, -0.2) is 22.1 Å². The number of amides is 1. The normalized spacial score (nSPS) is 13.7. The summed E-state index contributed by atoms with van der Waals surface area (Å²) in [6.07, 6.45) is 0. The van der Waals surface area contributed by atoms with Crippen LogP contribution in [0.25, 0.3) is 11.0 Å². The van der Waals surface area contributed by atoms with Gasteiger partial charge in [-0.05, 0) is 24.3 Å². The van der Waals surface area contributed by atoms with E-state index in [0.717, 1.165) is 23.4 Å². The molecule has 0 saturated heterocycles. The predicted molar refractivity (Wildman–Crippen MR) is 87.0 cm³/mol. The van der Waals surface area contributed by atoms with Gasteiger partial charge >= 0.3 is 0 Å². The Morgan fingerprint density at radius 1 is 1.29 bits per heavy atom. The quantitative estimate of drug-likeness (QED) is 0.805. The zero-order valence-electron chi connectivity index (χ0n) is 13.0. The zero-order valence-corrected chi connectivity index (χ0v) is 13.0. The molecule has 1 amide bonds. The van der Waals surface area contributed by atoms with Gasteiger partial charge in [0.2, 0.25) is 0 Å². The lowest BCUT2D eigenvalue weighted by Crippen LogP contribution is -2.23. The van der Waals surface area contributed by atoms with Crippen molar-refractivity contribution in [2.45, 2.75) is 19.7 Å². The minimum Gasteiger partial charge on any atom is -0.372 e. The highest BCUT2D eigenvalue weighted by Crippen LogP contribution is 2.21. The van der Waals surface area contributed by atoms with Gasteiger partial charge in [-0.3, -0.25) is 4.79 Å². The molecule has 0 saturated carbocycles. The fourth-order valence-electron chi connectivity index (χ4n) is 2.92. The first-order valence-electron chi connectivity index (χ1n) is 7.81. The van der Waals surface area contributed by atoms with E-state index in [1.807, 2.05) is 6.07 Å². The maximum atomic E-state index is 13.6. The van der Waals surface area contributed by atoms with Crippen molar-refractivity contribution >= 4 is 16.9 Å². The van der Waals surface area contributed by atoms with Gasteiger partial charge in [-0.2, -0.15) is 0 Å². The largest absolute Gasteiger partial charge is 0.372 e. The number of rotatable bonds is 3.